The second-order valence-electron chi connectivity index (χ2n) is 6.17. The van der Waals surface area contributed by atoms with E-state index in [0.29, 0.717) is 21.0 Å². The first-order valence-corrected chi connectivity index (χ1v) is 9.64. The molecule has 138 valence electrons. The first-order valence-electron chi connectivity index (χ1n) is 8.38. The van der Waals surface area contributed by atoms with Crippen molar-refractivity contribution in [3.05, 3.63) is 81.8 Å². The Morgan fingerprint density at radius 2 is 1.79 bits per heavy atom. The van der Waals surface area contributed by atoms with Gasteiger partial charge in [-0.25, -0.2) is 4.79 Å². The molecule has 4 aromatic rings. The van der Waals surface area contributed by atoms with Crippen molar-refractivity contribution in [2.75, 3.05) is 0 Å². The summed E-state index contributed by atoms with van der Waals surface area (Å²) in [5.74, 6) is -1.35. The molecule has 0 atom stereocenters. The second-order valence-corrected chi connectivity index (χ2v) is 7.48. The summed E-state index contributed by atoms with van der Waals surface area (Å²) in [6.45, 7) is 0. The summed E-state index contributed by atoms with van der Waals surface area (Å²) < 4.78 is 0. The number of carboxylic acid groups (broad SMARTS) is 1. The van der Waals surface area contributed by atoms with E-state index in [4.69, 9.17) is 11.6 Å². The Labute approximate surface area is 169 Å². The Balaban J connectivity index is 1.68. The number of carbonyl (C=O) groups excluding carboxylic acids is 1. The zero-order valence-electron chi connectivity index (χ0n) is 14.4. The Kier molecular flexibility index (Phi) is 4.90. The summed E-state index contributed by atoms with van der Waals surface area (Å²) in [7, 11) is 0. The van der Waals surface area contributed by atoms with Crippen LogP contribution in [0.15, 0.2) is 60.0 Å². The maximum Gasteiger partial charge on any atom is 0.337 e. The first-order chi connectivity index (χ1) is 13.5. The van der Waals surface area contributed by atoms with Crippen molar-refractivity contribution in [1.82, 2.24) is 10.2 Å². The molecule has 0 spiro atoms. The molecule has 0 amide bonds. The highest BCUT2D eigenvalue weighted by Crippen LogP contribution is 2.34. The number of rotatable bonds is 5. The van der Waals surface area contributed by atoms with Gasteiger partial charge in [0.2, 0.25) is 0 Å². The van der Waals surface area contributed by atoms with Crippen molar-refractivity contribution in [3.63, 3.8) is 0 Å². The van der Waals surface area contributed by atoms with E-state index < -0.39 is 5.97 Å². The van der Waals surface area contributed by atoms with Crippen LogP contribution >= 0.6 is 22.9 Å². The number of nitrogens with zero attached hydrogens (tertiary/aromatic N) is 2. The van der Waals surface area contributed by atoms with E-state index in [0.717, 1.165) is 10.9 Å². The van der Waals surface area contributed by atoms with Crippen molar-refractivity contribution in [2.24, 2.45) is 0 Å². The summed E-state index contributed by atoms with van der Waals surface area (Å²) in [4.78, 5) is 25.2. The molecule has 5 nitrogen and oxygen atoms in total. The number of fused-ring (bicyclic) bond motifs is 1. The number of ketones is 1. The molecule has 0 aliphatic heterocycles. The summed E-state index contributed by atoms with van der Waals surface area (Å²) >= 11 is 7.21. The van der Waals surface area contributed by atoms with Gasteiger partial charge in [-0.2, -0.15) is 0 Å². The van der Waals surface area contributed by atoms with Crippen LogP contribution in [-0.2, 0) is 6.42 Å². The molecule has 0 unspecified atom stereocenters. The standard InChI is InChI=1S/C21H13ClN2O3S/c22-15-7-5-12(6-8-15)20-19(21(26)27)14(11-28-20)10-18(25)17-9-13-3-1-2-4-16(13)23-24-17/h1-9,11H,10H2,(H,26,27). The largest absolute Gasteiger partial charge is 0.478 e. The van der Waals surface area contributed by atoms with E-state index in [1.165, 1.54) is 11.3 Å². The Hall–Kier alpha value is -3.09. The Bertz CT molecular complexity index is 1200. The number of Topliss-reactive ketones (excluding diaryl/α,β-unsaturated/α-hetero) is 1. The smallest absolute Gasteiger partial charge is 0.337 e. The topological polar surface area (TPSA) is 80.2 Å². The van der Waals surface area contributed by atoms with E-state index in [9.17, 15) is 14.7 Å². The highest BCUT2D eigenvalue weighted by Gasteiger charge is 2.22. The van der Waals surface area contributed by atoms with Crippen molar-refractivity contribution in [3.8, 4) is 10.4 Å². The van der Waals surface area contributed by atoms with Crippen LogP contribution in [0.25, 0.3) is 21.3 Å². The van der Waals surface area contributed by atoms with Gasteiger partial charge in [-0.15, -0.1) is 21.5 Å². The van der Waals surface area contributed by atoms with Crippen LogP contribution in [0.5, 0.6) is 0 Å². The fourth-order valence-corrected chi connectivity index (χ4v) is 4.15. The minimum Gasteiger partial charge on any atom is -0.478 e. The minimum atomic E-state index is -1.07. The molecular formula is C21H13ClN2O3S. The zero-order valence-corrected chi connectivity index (χ0v) is 16.0. The van der Waals surface area contributed by atoms with E-state index in [1.54, 1.807) is 35.7 Å². The fourth-order valence-electron chi connectivity index (χ4n) is 2.96. The van der Waals surface area contributed by atoms with Gasteiger partial charge in [0.1, 0.15) is 5.69 Å². The number of halogens is 1. The van der Waals surface area contributed by atoms with Gasteiger partial charge in [-0.1, -0.05) is 41.9 Å². The zero-order chi connectivity index (χ0) is 19.7. The SMILES string of the molecule is O=C(Cc1csc(-c2ccc(Cl)cc2)c1C(=O)O)c1cc2ccccc2nn1. The maximum atomic E-state index is 12.7. The molecule has 2 aromatic heterocycles. The number of hydrogen-bond acceptors (Lipinski definition) is 5. The molecule has 0 aliphatic rings. The van der Waals surface area contributed by atoms with Crippen LogP contribution in [0.3, 0.4) is 0 Å². The minimum absolute atomic E-state index is 0.0568. The molecule has 0 aliphatic carbocycles. The molecule has 2 heterocycles. The lowest BCUT2D eigenvalue weighted by Crippen LogP contribution is -2.10. The van der Waals surface area contributed by atoms with Gasteiger partial charge >= 0.3 is 5.97 Å². The monoisotopic (exact) mass is 408 g/mol. The number of benzene rings is 2. The van der Waals surface area contributed by atoms with E-state index in [-0.39, 0.29) is 23.5 Å². The van der Waals surface area contributed by atoms with Crippen molar-refractivity contribution >= 4 is 45.6 Å². The molecule has 2 aromatic carbocycles. The van der Waals surface area contributed by atoms with Gasteiger partial charge in [-0.05, 0) is 40.8 Å². The van der Waals surface area contributed by atoms with Gasteiger partial charge in [0, 0.05) is 21.7 Å². The normalized spacial score (nSPS) is 10.9. The second kappa shape index (κ2) is 7.50. The highest BCUT2D eigenvalue weighted by molar-refractivity contribution is 7.14. The molecule has 0 saturated heterocycles. The third kappa shape index (κ3) is 3.52. The van der Waals surface area contributed by atoms with Crippen molar-refractivity contribution in [1.29, 1.82) is 0 Å². The molecule has 28 heavy (non-hydrogen) atoms. The number of carboxylic acids is 1. The molecule has 0 saturated carbocycles. The lowest BCUT2D eigenvalue weighted by molar-refractivity contribution is 0.0697. The number of thiophene rings is 1. The number of aromatic nitrogens is 2. The van der Waals surface area contributed by atoms with Crippen LogP contribution in [0, 0.1) is 0 Å². The number of aromatic carboxylic acids is 1. The van der Waals surface area contributed by atoms with Crippen molar-refractivity contribution < 1.29 is 14.7 Å². The molecule has 7 heteroatoms. The van der Waals surface area contributed by atoms with Crippen molar-refractivity contribution in [2.45, 2.75) is 6.42 Å². The Morgan fingerprint density at radius 3 is 2.54 bits per heavy atom. The van der Waals surface area contributed by atoms with Gasteiger partial charge in [0.05, 0.1) is 11.1 Å². The van der Waals surface area contributed by atoms with E-state index >= 15 is 0 Å². The van der Waals surface area contributed by atoms with Crippen LogP contribution in [-0.4, -0.2) is 27.1 Å². The fraction of sp³-hybridized carbons (Fsp3) is 0.0476. The lowest BCUT2D eigenvalue weighted by atomic mass is 10.0. The van der Waals surface area contributed by atoms with Gasteiger partial charge in [0.25, 0.3) is 0 Å². The molecular weight excluding hydrogens is 396 g/mol. The van der Waals surface area contributed by atoms with Crippen LogP contribution < -0.4 is 0 Å². The summed E-state index contributed by atoms with van der Waals surface area (Å²) in [5, 5.41) is 20.9. The summed E-state index contributed by atoms with van der Waals surface area (Å²) in [6.07, 6.45) is -0.0568. The van der Waals surface area contributed by atoms with Gasteiger partial charge < -0.3 is 5.11 Å². The van der Waals surface area contributed by atoms with Crippen LogP contribution in [0.4, 0.5) is 0 Å². The van der Waals surface area contributed by atoms with E-state index in [2.05, 4.69) is 10.2 Å². The average molecular weight is 409 g/mol. The van der Waals surface area contributed by atoms with E-state index in [1.807, 2.05) is 24.3 Å². The number of carbonyl (C=O) groups is 2. The molecule has 1 N–H and O–H groups in total. The highest BCUT2D eigenvalue weighted by atomic mass is 35.5. The summed E-state index contributed by atoms with van der Waals surface area (Å²) in [5.41, 5.74) is 2.26. The molecule has 0 radical (unpaired) electrons. The maximum absolute atomic E-state index is 12.7. The molecule has 4 rings (SSSR count). The predicted octanol–water partition coefficient (Wildman–Crippen LogP) is 5.14. The average Bonchev–Trinajstić information content (AvgIpc) is 3.12. The molecule has 0 fully saturated rings. The quantitative estimate of drug-likeness (QED) is 0.463. The van der Waals surface area contributed by atoms with Crippen LogP contribution in [0.1, 0.15) is 26.4 Å². The van der Waals surface area contributed by atoms with Gasteiger partial charge in [-0.3, -0.25) is 4.79 Å². The third-order valence-corrected chi connectivity index (χ3v) is 5.65. The Morgan fingerprint density at radius 1 is 1.04 bits per heavy atom. The number of hydrogen-bond donors (Lipinski definition) is 1. The van der Waals surface area contributed by atoms with Gasteiger partial charge in [0.15, 0.2) is 5.78 Å². The molecule has 0 bridgehead atoms. The predicted molar refractivity (Wildman–Crippen MR) is 109 cm³/mol. The third-order valence-electron chi connectivity index (χ3n) is 4.32. The summed E-state index contributed by atoms with van der Waals surface area (Å²) in [6, 6.07) is 16.0. The first kappa shape index (κ1) is 18.3. The van der Waals surface area contributed by atoms with Crippen LogP contribution in [0.2, 0.25) is 5.02 Å². The lowest BCUT2D eigenvalue weighted by Gasteiger charge is -2.04.